The van der Waals surface area contributed by atoms with Crippen molar-refractivity contribution in [1.29, 1.82) is 0 Å². The smallest absolute Gasteiger partial charge is 0.471 e. The summed E-state index contributed by atoms with van der Waals surface area (Å²) in [5.74, 6) is -2.21. The van der Waals surface area contributed by atoms with Gasteiger partial charge < -0.3 is 15.0 Å². The van der Waals surface area contributed by atoms with Crippen LogP contribution in [-0.4, -0.2) is 10.1 Å². The van der Waals surface area contributed by atoms with Crippen LogP contribution in [0.4, 0.5) is 17.6 Å². The molecule has 5 nitrogen and oxygen atoms in total. The molecule has 1 aromatic heterocycles. The Hall–Kier alpha value is -2.94. The highest BCUT2D eigenvalue weighted by Crippen LogP contribution is 2.30. The van der Waals surface area contributed by atoms with Crippen molar-refractivity contribution in [3.8, 4) is 17.1 Å². The summed E-state index contributed by atoms with van der Waals surface area (Å²) in [4.78, 5) is 3.17. The number of nitrogens with two attached hydrogens (primary N) is 1. The van der Waals surface area contributed by atoms with Crippen LogP contribution in [0.2, 0.25) is 0 Å². The molecule has 2 N–H and O–H groups in total. The first-order chi connectivity index (χ1) is 12.4. The van der Waals surface area contributed by atoms with Crippen molar-refractivity contribution in [1.82, 2.24) is 10.1 Å². The van der Waals surface area contributed by atoms with Crippen LogP contribution in [0, 0.1) is 5.82 Å². The van der Waals surface area contributed by atoms with E-state index in [2.05, 4.69) is 14.7 Å². The number of nitrogens with zero attached hydrogens (tertiary/aromatic N) is 2. The van der Waals surface area contributed by atoms with E-state index in [0.29, 0.717) is 17.9 Å². The van der Waals surface area contributed by atoms with E-state index in [1.807, 2.05) is 12.1 Å². The zero-order chi connectivity index (χ0) is 18.7. The average molecular weight is 367 g/mol. The van der Waals surface area contributed by atoms with Crippen LogP contribution in [-0.2, 0) is 19.3 Å². The molecule has 9 heteroatoms. The van der Waals surface area contributed by atoms with Crippen LogP contribution in [0.1, 0.15) is 17.0 Å². The van der Waals surface area contributed by atoms with E-state index < -0.39 is 23.7 Å². The van der Waals surface area contributed by atoms with E-state index in [0.717, 1.165) is 11.6 Å². The van der Waals surface area contributed by atoms with E-state index in [9.17, 15) is 17.6 Å². The van der Waals surface area contributed by atoms with Gasteiger partial charge in [-0.2, -0.15) is 18.2 Å². The summed E-state index contributed by atoms with van der Waals surface area (Å²) in [5, 5.41) is 3.17. The molecule has 0 bridgehead atoms. The molecule has 2 aromatic carbocycles. The van der Waals surface area contributed by atoms with Gasteiger partial charge in [0.25, 0.3) is 0 Å². The summed E-state index contributed by atoms with van der Waals surface area (Å²) in [5.41, 5.74) is 6.70. The zero-order valence-corrected chi connectivity index (χ0v) is 13.3. The second-order valence-corrected chi connectivity index (χ2v) is 5.34. The standard InChI is InChI=1S/C17H13F4N3O2/c18-13-7-10(9-25-14-4-2-1-3-11(14)8-22)5-6-12(13)15-23-16(26-24-15)17(19,20)21/h1-7H,8-9,22H2. The molecule has 0 aliphatic carbocycles. The second kappa shape index (κ2) is 7.12. The van der Waals surface area contributed by atoms with Gasteiger partial charge in [-0.3, -0.25) is 0 Å². The highest BCUT2D eigenvalue weighted by Gasteiger charge is 2.38. The molecular weight excluding hydrogens is 354 g/mol. The predicted octanol–water partition coefficient (Wildman–Crippen LogP) is 3.93. The monoisotopic (exact) mass is 367 g/mol. The van der Waals surface area contributed by atoms with Crippen molar-refractivity contribution >= 4 is 0 Å². The van der Waals surface area contributed by atoms with Crippen LogP contribution in [0.25, 0.3) is 11.4 Å². The first-order valence-electron chi connectivity index (χ1n) is 7.49. The molecule has 136 valence electrons. The molecule has 0 unspecified atom stereocenters. The van der Waals surface area contributed by atoms with Gasteiger partial charge in [0.2, 0.25) is 5.82 Å². The number of halogens is 4. The highest BCUT2D eigenvalue weighted by atomic mass is 19.4. The van der Waals surface area contributed by atoms with Gasteiger partial charge in [-0.1, -0.05) is 29.4 Å². The Kier molecular flexibility index (Phi) is 4.90. The van der Waals surface area contributed by atoms with Gasteiger partial charge in [0.1, 0.15) is 18.2 Å². The van der Waals surface area contributed by atoms with Crippen molar-refractivity contribution in [3.05, 3.63) is 65.3 Å². The third-order valence-corrected chi connectivity index (χ3v) is 3.53. The van der Waals surface area contributed by atoms with Gasteiger partial charge in [-0.25, -0.2) is 4.39 Å². The van der Waals surface area contributed by atoms with Crippen molar-refractivity contribution in [2.24, 2.45) is 5.73 Å². The van der Waals surface area contributed by atoms with Crippen molar-refractivity contribution < 1.29 is 26.8 Å². The quantitative estimate of drug-likeness (QED) is 0.692. The van der Waals surface area contributed by atoms with Crippen LogP contribution in [0.5, 0.6) is 5.75 Å². The Bertz CT molecular complexity index is 909. The van der Waals surface area contributed by atoms with Crippen LogP contribution >= 0.6 is 0 Å². The van der Waals surface area contributed by atoms with Gasteiger partial charge in [0, 0.05) is 12.1 Å². The highest BCUT2D eigenvalue weighted by molar-refractivity contribution is 5.55. The Labute approximate surface area is 145 Å². The molecule has 26 heavy (non-hydrogen) atoms. The van der Waals surface area contributed by atoms with E-state index in [1.165, 1.54) is 12.1 Å². The van der Waals surface area contributed by atoms with Crippen molar-refractivity contribution in [3.63, 3.8) is 0 Å². The normalized spacial score (nSPS) is 11.6. The molecule has 0 amide bonds. The maximum absolute atomic E-state index is 14.2. The van der Waals surface area contributed by atoms with E-state index in [4.69, 9.17) is 10.5 Å². The number of aromatic nitrogens is 2. The fourth-order valence-electron chi connectivity index (χ4n) is 2.25. The lowest BCUT2D eigenvalue weighted by Gasteiger charge is -2.10. The van der Waals surface area contributed by atoms with Crippen LogP contribution in [0.15, 0.2) is 47.0 Å². The molecule has 0 saturated heterocycles. The third-order valence-electron chi connectivity index (χ3n) is 3.53. The topological polar surface area (TPSA) is 74.2 Å². The number of hydrogen-bond donors (Lipinski definition) is 1. The molecule has 0 aliphatic rings. The minimum absolute atomic E-state index is 0.0637. The summed E-state index contributed by atoms with van der Waals surface area (Å²) in [7, 11) is 0. The van der Waals surface area contributed by atoms with E-state index in [1.54, 1.807) is 12.1 Å². The lowest BCUT2D eigenvalue weighted by atomic mass is 10.1. The summed E-state index contributed by atoms with van der Waals surface area (Å²) in [6.07, 6.45) is -4.79. The largest absolute Gasteiger partial charge is 0.489 e. The molecule has 0 aliphatic heterocycles. The van der Waals surface area contributed by atoms with Crippen LogP contribution < -0.4 is 10.5 Å². The number of alkyl halides is 3. The number of hydrogen-bond acceptors (Lipinski definition) is 5. The first kappa shape index (κ1) is 17.9. The summed E-state index contributed by atoms with van der Waals surface area (Å²) < 4.78 is 61.4. The van der Waals surface area contributed by atoms with Crippen molar-refractivity contribution in [2.75, 3.05) is 0 Å². The fourth-order valence-corrected chi connectivity index (χ4v) is 2.25. The molecule has 0 radical (unpaired) electrons. The molecule has 0 spiro atoms. The summed E-state index contributed by atoms with van der Waals surface area (Å²) in [6.45, 7) is 0.358. The Morgan fingerprint density at radius 1 is 1.12 bits per heavy atom. The number of benzene rings is 2. The Morgan fingerprint density at radius 2 is 1.88 bits per heavy atom. The minimum Gasteiger partial charge on any atom is -0.489 e. The number of rotatable bonds is 5. The molecule has 3 rings (SSSR count). The Morgan fingerprint density at radius 3 is 2.54 bits per heavy atom. The van der Waals surface area contributed by atoms with E-state index in [-0.39, 0.29) is 12.2 Å². The molecule has 3 aromatic rings. The lowest BCUT2D eigenvalue weighted by Crippen LogP contribution is -2.05. The van der Waals surface area contributed by atoms with E-state index >= 15 is 0 Å². The average Bonchev–Trinajstić information content (AvgIpc) is 3.10. The third kappa shape index (κ3) is 3.83. The lowest BCUT2D eigenvalue weighted by molar-refractivity contribution is -0.159. The second-order valence-electron chi connectivity index (χ2n) is 5.34. The molecular formula is C17H13F4N3O2. The molecule has 1 heterocycles. The molecule has 0 atom stereocenters. The summed E-state index contributed by atoms with van der Waals surface area (Å²) >= 11 is 0. The SMILES string of the molecule is NCc1ccccc1OCc1ccc(-c2noc(C(F)(F)F)n2)c(F)c1. The van der Waals surface area contributed by atoms with Crippen molar-refractivity contribution in [2.45, 2.75) is 19.3 Å². The maximum Gasteiger partial charge on any atom is 0.471 e. The fraction of sp³-hybridized carbons (Fsp3) is 0.176. The Balaban J connectivity index is 1.76. The summed E-state index contributed by atoms with van der Waals surface area (Å²) in [6, 6.07) is 11.1. The molecule has 0 saturated carbocycles. The molecule has 0 fully saturated rings. The maximum atomic E-state index is 14.2. The van der Waals surface area contributed by atoms with Gasteiger partial charge in [0.05, 0.1) is 5.56 Å². The zero-order valence-electron chi connectivity index (χ0n) is 13.3. The van der Waals surface area contributed by atoms with Crippen LogP contribution in [0.3, 0.4) is 0 Å². The number of para-hydroxylation sites is 1. The minimum atomic E-state index is -4.79. The predicted molar refractivity (Wildman–Crippen MR) is 83.4 cm³/mol. The number of ether oxygens (including phenoxy) is 1. The van der Waals surface area contributed by atoms with Gasteiger partial charge >= 0.3 is 12.1 Å². The van der Waals surface area contributed by atoms with Gasteiger partial charge in [-0.15, -0.1) is 0 Å². The van der Waals surface area contributed by atoms with Gasteiger partial charge in [-0.05, 0) is 23.8 Å². The first-order valence-corrected chi connectivity index (χ1v) is 7.49. The van der Waals surface area contributed by atoms with Gasteiger partial charge in [0.15, 0.2) is 0 Å².